The van der Waals surface area contributed by atoms with Gasteiger partial charge in [-0.3, -0.25) is 14.4 Å². The third kappa shape index (κ3) is 16.6. The number of nitrogens with zero attached hydrogens (tertiary/aromatic N) is 4. The largest absolute Gasteiger partial charge is 2.00 e. The number of hydrogen-bond acceptors (Lipinski definition) is 9. The van der Waals surface area contributed by atoms with Crippen LogP contribution in [0.3, 0.4) is 0 Å². The van der Waals surface area contributed by atoms with Crippen molar-refractivity contribution in [2.75, 3.05) is 13.1 Å². The number of carboxylic acids is 3. The number of carboxylic acid groups (broad SMARTS) is 3. The van der Waals surface area contributed by atoms with E-state index >= 15 is 0 Å². The number of aromatic nitrogens is 4. The van der Waals surface area contributed by atoms with Gasteiger partial charge in [0.15, 0.2) is 0 Å². The van der Waals surface area contributed by atoms with Crippen LogP contribution in [0.4, 0.5) is 0 Å². The Morgan fingerprint density at radius 3 is 1.67 bits per heavy atom. The van der Waals surface area contributed by atoms with Crippen molar-refractivity contribution in [3.8, 4) is 0 Å². The molecule has 2 aromatic heterocycles. The van der Waals surface area contributed by atoms with Crippen LogP contribution < -0.4 is 22.5 Å². The van der Waals surface area contributed by atoms with Crippen molar-refractivity contribution in [1.29, 1.82) is 0 Å². The third-order valence-corrected chi connectivity index (χ3v) is 4.04. The normalized spacial score (nSPS) is 11.4. The second-order valence-corrected chi connectivity index (χ2v) is 7.34. The van der Waals surface area contributed by atoms with Crippen molar-refractivity contribution in [3.63, 3.8) is 0 Å². The second-order valence-electron chi connectivity index (χ2n) is 7.34. The Morgan fingerprint density at radius 1 is 0.889 bits per heavy atom. The summed E-state index contributed by atoms with van der Waals surface area (Å²) in [6.07, 6.45) is 7.28. The minimum atomic E-state index is -1.08. The third-order valence-electron chi connectivity index (χ3n) is 4.04. The van der Waals surface area contributed by atoms with Crippen LogP contribution in [0.5, 0.6) is 0 Å². The average molecular weight is 523 g/mol. The van der Waals surface area contributed by atoms with E-state index in [-0.39, 0.29) is 67.7 Å². The van der Waals surface area contributed by atoms with E-state index in [1.165, 1.54) is 0 Å². The molecule has 0 aliphatic rings. The second kappa shape index (κ2) is 19.2. The molecule has 0 saturated carbocycles. The molecule has 16 heteroatoms. The van der Waals surface area contributed by atoms with Crippen LogP contribution in [-0.2, 0) is 46.1 Å². The molecule has 0 spiro atoms. The van der Waals surface area contributed by atoms with Crippen molar-refractivity contribution in [2.45, 2.75) is 37.8 Å². The Kier molecular flexibility index (Phi) is 18.7. The van der Waals surface area contributed by atoms with Gasteiger partial charge >= 0.3 is 41.0 Å². The molecule has 2 heterocycles. The summed E-state index contributed by atoms with van der Waals surface area (Å²) < 4.78 is 3.47. The Hall–Kier alpha value is -3.05. The zero-order chi connectivity index (χ0) is 27.0. The first-order chi connectivity index (χ1) is 16.4. The smallest absolute Gasteiger partial charge is 0.481 e. The van der Waals surface area contributed by atoms with Gasteiger partial charge in [-0.05, 0) is 0 Å². The van der Waals surface area contributed by atoms with E-state index in [0.717, 1.165) is 0 Å². The van der Waals surface area contributed by atoms with Crippen molar-refractivity contribution in [2.24, 2.45) is 31.3 Å². The Labute approximate surface area is 224 Å². The van der Waals surface area contributed by atoms with Crippen LogP contribution in [0.1, 0.15) is 24.2 Å². The fourth-order valence-electron chi connectivity index (χ4n) is 2.39. The van der Waals surface area contributed by atoms with E-state index in [9.17, 15) is 19.2 Å². The summed E-state index contributed by atoms with van der Waals surface area (Å²) >= 11 is 0. The summed E-state index contributed by atoms with van der Waals surface area (Å²) in [6, 6.07) is -1.83. The fourth-order valence-corrected chi connectivity index (χ4v) is 2.39. The first-order valence-corrected chi connectivity index (χ1v) is 10.5. The zero-order valence-electron chi connectivity index (χ0n) is 20.4. The van der Waals surface area contributed by atoms with Gasteiger partial charge in [0.05, 0.1) is 30.5 Å². The number of nitrogens with two attached hydrogens (primary N) is 3. The number of nitrogens with one attached hydrogen (secondary N) is 1. The topological polar surface area (TPSA) is 255 Å². The summed E-state index contributed by atoms with van der Waals surface area (Å²) in [5.74, 6) is -3.28. The molecular weight excluding hydrogens is 489 g/mol. The number of aryl methyl sites for hydroxylation is 2. The van der Waals surface area contributed by atoms with E-state index in [1.54, 1.807) is 41.2 Å². The van der Waals surface area contributed by atoms with Gasteiger partial charge in [0.1, 0.15) is 12.1 Å². The summed E-state index contributed by atoms with van der Waals surface area (Å²) in [7, 11) is 3.61. The molecule has 0 unspecified atom stereocenters. The molecule has 0 aromatic carbocycles. The molecule has 1 amide bonds. The first kappa shape index (κ1) is 35.1. The fraction of sp³-hybridized carbons (Fsp3) is 0.500. The van der Waals surface area contributed by atoms with Crippen molar-refractivity contribution in [1.82, 2.24) is 24.4 Å². The molecule has 196 valence electrons. The maximum atomic E-state index is 11.3. The maximum Gasteiger partial charge on any atom is 2.00 e. The number of carbonyl (C=O) groups is 4. The molecule has 0 radical (unpaired) electrons. The van der Waals surface area contributed by atoms with Gasteiger partial charge in [-0.25, -0.2) is 14.8 Å². The SMILES string of the molecule is Cn1cnc(C[C@H](N)C(=O)O)c1.Cn1cnc(C[C@H](NC(=O)CCN)C(=O)O)c1.NCCC(=O)O.[Mg+2]. The molecule has 15 nitrogen and oxygen atoms in total. The van der Waals surface area contributed by atoms with Gasteiger partial charge in [-0.2, -0.15) is 0 Å². The molecule has 2 atom stereocenters. The number of carbonyl (C=O) groups excluding carboxylic acids is 1. The predicted octanol–water partition coefficient (Wildman–Crippen LogP) is -2.71. The van der Waals surface area contributed by atoms with E-state index in [0.29, 0.717) is 11.4 Å². The molecular formula is C20H34MgN8O7+2. The number of rotatable bonds is 11. The van der Waals surface area contributed by atoms with E-state index < -0.39 is 30.0 Å². The van der Waals surface area contributed by atoms with Crippen LogP contribution in [0, 0.1) is 0 Å². The number of amides is 1. The first-order valence-electron chi connectivity index (χ1n) is 10.5. The Balaban J connectivity index is 0. The molecule has 2 rings (SSSR count). The molecule has 36 heavy (non-hydrogen) atoms. The van der Waals surface area contributed by atoms with Crippen LogP contribution >= 0.6 is 0 Å². The molecule has 2 aromatic rings. The molecule has 0 fully saturated rings. The summed E-state index contributed by atoms with van der Waals surface area (Å²) in [5.41, 5.74) is 16.7. The zero-order valence-corrected chi connectivity index (χ0v) is 21.8. The Morgan fingerprint density at radius 2 is 1.36 bits per heavy atom. The van der Waals surface area contributed by atoms with Gasteiger partial charge in [0.25, 0.3) is 0 Å². The summed E-state index contributed by atoms with van der Waals surface area (Å²) in [5, 5.41) is 27.7. The van der Waals surface area contributed by atoms with Gasteiger partial charge in [-0.1, -0.05) is 0 Å². The van der Waals surface area contributed by atoms with Gasteiger partial charge < -0.3 is 47.0 Å². The summed E-state index contributed by atoms with van der Waals surface area (Å²) in [4.78, 5) is 50.1. The molecule has 10 N–H and O–H groups in total. The number of aliphatic carboxylic acids is 3. The van der Waals surface area contributed by atoms with Crippen molar-refractivity contribution in [3.05, 3.63) is 36.4 Å². The van der Waals surface area contributed by atoms with Crippen molar-refractivity contribution < 1.29 is 34.5 Å². The van der Waals surface area contributed by atoms with Crippen molar-refractivity contribution >= 4 is 46.9 Å². The average Bonchev–Trinajstić information content (AvgIpc) is 3.35. The van der Waals surface area contributed by atoms with Crippen LogP contribution in [0.25, 0.3) is 0 Å². The van der Waals surface area contributed by atoms with E-state index in [2.05, 4.69) is 15.3 Å². The Bertz CT molecular complexity index is 950. The van der Waals surface area contributed by atoms with Crippen LogP contribution in [-0.4, -0.2) is 106 Å². The standard InChI is InChI=1S/C10H16N4O3.C7H11N3O2.C3H7NO2.Mg/c1-14-5-7(12-6-14)4-8(10(16)17)13-9(15)2-3-11;1-10-3-5(9-4-10)2-6(8)7(11)12;4-2-1-3(5)6;/h5-6,8H,2-4,11H2,1H3,(H,13,15)(H,16,17);3-4,6H,2,8H2,1H3,(H,11,12);1-2,4H2,(H,5,6);/q;;;+2/t8-;6-;;/m00../s1. The van der Waals surface area contributed by atoms with E-state index in [1.807, 2.05) is 7.05 Å². The molecule has 0 aliphatic heterocycles. The van der Waals surface area contributed by atoms with Crippen LogP contribution in [0.15, 0.2) is 25.0 Å². The quantitative estimate of drug-likeness (QED) is 0.149. The minimum Gasteiger partial charge on any atom is -0.481 e. The van der Waals surface area contributed by atoms with Gasteiger partial charge in [0, 0.05) is 58.8 Å². The summed E-state index contributed by atoms with van der Waals surface area (Å²) in [6.45, 7) is 0.428. The number of imidazole rings is 2. The van der Waals surface area contributed by atoms with Crippen LogP contribution in [0.2, 0.25) is 0 Å². The van der Waals surface area contributed by atoms with Gasteiger partial charge in [-0.15, -0.1) is 0 Å². The monoisotopic (exact) mass is 522 g/mol. The molecule has 0 bridgehead atoms. The van der Waals surface area contributed by atoms with E-state index in [4.69, 9.17) is 32.5 Å². The minimum absolute atomic E-state index is 0. The van der Waals surface area contributed by atoms with Gasteiger partial charge in [0.2, 0.25) is 5.91 Å². The molecule has 0 aliphatic carbocycles. The number of hydrogen-bond donors (Lipinski definition) is 7. The predicted molar refractivity (Wildman–Crippen MR) is 130 cm³/mol. The maximum absolute atomic E-state index is 11.3. The molecule has 0 saturated heterocycles.